The van der Waals surface area contributed by atoms with E-state index in [0.29, 0.717) is 11.4 Å². The van der Waals surface area contributed by atoms with E-state index in [1.807, 2.05) is 13.0 Å². The van der Waals surface area contributed by atoms with Crippen LogP contribution in [0.3, 0.4) is 0 Å². The van der Waals surface area contributed by atoms with Crippen LogP contribution in [0.15, 0.2) is 24.4 Å². The van der Waals surface area contributed by atoms with Gasteiger partial charge in [-0.2, -0.15) is 0 Å². The number of aromatic nitrogens is 3. The minimum Gasteiger partial charge on any atom is -0.495 e. The average molecular weight is 290 g/mol. The number of carbonyl (C=O) groups excluding carboxylic acids is 1. The molecule has 1 aromatic heterocycles. The third kappa shape index (κ3) is 3.56. The number of carboxylic acid groups (broad SMARTS) is 1. The summed E-state index contributed by atoms with van der Waals surface area (Å²) < 4.78 is 6.31. The summed E-state index contributed by atoms with van der Waals surface area (Å²) in [6, 6.07) is 5.40. The molecule has 1 heterocycles. The number of amides is 1. The average Bonchev–Trinajstić information content (AvgIpc) is 2.87. The number of methoxy groups -OCH3 is 1. The van der Waals surface area contributed by atoms with Crippen molar-refractivity contribution in [2.45, 2.75) is 13.5 Å². The van der Waals surface area contributed by atoms with E-state index in [9.17, 15) is 9.59 Å². The number of rotatable bonds is 5. The molecular formula is C13H14N4O4. The molecule has 21 heavy (non-hydrogen) atoms. The molecule has 0 spiro atoms. The molecule has 1 amide bonds. The summed E-state index contributed by atoms with van der Waals surface area (Å²) in [4.78, 5) is 22.6. The molecule has 0 bridgehead atoms. The van der Waals surface area contributed by atoms with Crippen LogP contribution in [-0.2, 0) is 11.3 Å². The van der Waals surface area contributed by atoms with Crippen molar-refractivity contribution in [3.8, 4) is 5.75 Å². The van der Waals surface area contributed by atoms with E-state index in [0.717, 1.165) is 10.2 Å². The van der Waals surface area contributed by atoms with Crippen molar-refractivity contribution in [2.24, 2.45) is 0 Å². The van der Waals surface area contributed by atoms with Crippen molar-refractivity contribution in [1.82, 2.24) is 15.0 Å². The lowest BCUT2D eigenvalue weighted by molar-refractivity contribution is -0.116. The van der Waals surface area contributed by atoms with Gasteiger partial charge in [0, 0.05) is 0 Å². The van der Waals surface area contributed by atoms with Crippen molar-refractivity contribution < 1.29 is 19.4 Å². The number of aromatic carboxylic acids is 1. The first-order valence-corrected chi connectivity index (χ1v) is 6.07. The highest BCUT2D eigenvalue weighted by Crippen LogP contribution is 2.25. The molecule has 0 unspecified atom stereocenters. The largest absolute Gasteiger partial charge is 0.495 e. The van der Waals surface area contributed by atoms with Crippen molar-refractivity contribution >= 4 is 17.6 Å². The summed E-state index contributed by atoms with van der Waals surface area (Å²) >= 11 is 0. The highest BCUT2D eigenvalue weighted by atomic mass is 16.5. The molecule has 0 atom stereocenters. The molecule has 0 saturated heterocycles. The van der Waals surface area contributed by atoms with Gasteiger partial charge in [-0.15, -0.1) is 5.10 Å². The molecule has 0 aliphatic carbocycles. The summed E-state index contributed by atoms with van der Waals surface area (Å²) in [5.74, 6) is -1.01. The fourth-order valence-corrected chi connectivity index (χ4v) is 1.73. The molecule has 0 aliphatic rings. The number of aryl methyl sites for hydroxylation is 1. The fourth-order valence-electron chi connectivity index (χ4n) is 1.73. The number of carboxylic acids is 1. The Labute approximate surface area is 120 Å². The van der Waals surface area contributed by atoms with Crippen molar-refractivity contribution in [1.29, 1.82) is 0 Å². The lowest BCUT2D eigenvalue weighted by Crippen LogP contribution is -2.19. The third-order valence-corrected chi connectivity index (χ3v) is 2.69. The van der Waals surface area contributed by atoms with E-state index >= 15 is 0 Å². The quantitative estimate of drug-likeness (QED) is 0.848. The molecule has 0 saturated carbocycles. The van der Waals surface area contributed by atoms with Gasteiger partial charge in [-0.25, -0.2) is 9.48 Å². The van der Waals surface area contributed by atoms with Gasteiger partial charge in [0.25, 0.3) is 0 Å². The van der Waals surface area contributed by atoms with E-state index in [1.54, 1.807) is 12.1 Å². The fraction of sp³-hybridized carbons (Fsp3) is 0.231. The van der Waals surface area contributed by atoms with Crippen LogP contribution in [0.5, 0.6) is 5.75 Å². The van der Waals surface area contributed by atoms with Gasteiger partial charge in [0.1, 0.15) is 12.3 Å². The van der Waals surface area contributed by atoms with Crippen LogP contribution in [0.25, 0.3) is 0 Å². The van der Waals surface area contributed by atoms with Gasteiger partial charge < -0.3 is 15.2 Å². The maximum atomic E-state index is 11.9. The van der Waals surface area contributed by atoms with Crippen LogP contribution >= 0.6 is 0 Å². The Balaban J connectivity index is 2.07. The second-order valence-electron chi connectivity index (χ2n) is 4.36. The Morgan fingerprint density at radius 2 is 2.19 bits per heavy atom. The summed E-state index contributed by atoms with van der Waals surface area (Å²) in [5.41, 5.74) is 1.30. The number of hydrogen-bond acceptors (Lipinski definition) is 5. The third-order valence-electron chi connectivity index (χ3n) is 2.69. The summed E-state index contributed by atoms with van der Waals surface area (Å²) in [6.07, 6.45) is 1.19. The van der Waals surface area contributed by atoms with E-state index in [2.05, 4.69) is 15.6 Å². The van der Waals surface area contributed by atoms with Crippen LogP contribution in [-0.4, -0.2) is 39.1 Å². The van der Waals surface area contributed by atoms with Crippen LogP contribution in [0.4, 0.5) is 5.69 Å². The van der Waals surface area contributed by atoms with E-state index < -0.39 is 5.97 Å². The van der Waals surface area contributed by atoms with Crippen LogP contribution < -0.4 is 10.1 Å². The molecule has 8 nitrogen and oxygen atoms in total. The number of nitrogens with one attached hydrogen (secondary N) is 1. The predicted molar refractivity (Wildman–Crippen MR) is 73.3 cm³/mol. The molecule has 110 valence electrons. The summed E-state index contributed by atoms with van der Waals surface area (Å²) in [5, 5.41) is 18.4. The summed E-state index contributed by atoms with van der Waals surface area (Å²) in [6.45, 7) is 1.75. The molecule has 1 aromatic carbocycles. The molecule has 0 fully saturated rings. The van der Waals surface area contributed by atoms with Gasteiger partial charge in [0.15, 0.2) is 5.69 Å². The lowest BCUT2D eigenvalue weighted by Gasteiger charge is -2.10. The standard InChI is InChI=1S/C13H14N4O4/c1-8-3-4-11(21-2)9(5-8)14-12(18)7-17-6-10(13(19)20)15-16-17/h3-6H,7H2,1-2H3,(H,14,18)(H,19,20). The van der Waals surface area contributed by atoms with Crippen molar-refractivity contribution in [3.05, 3.63) is 35.7 Å². The number of carbonyl (C=O) groups is 2. The number of anilines is 1. The lowest BCUT2D eigenvalue weighted by atomic mass is 10.2. The highest BCUT2D eigenvalue weighted by Gasteiger charge is 2.12. The first-order chi connectivity index (χ1) is 9.99. The van der Waals surface area contributed by atoms with Gasteiger partial charge in [-0.3, -0.25) is 4.79 Å². The smallest absolute Gasteiger partial charge is 0.358 e. The molecule has 2 N–H and O–H groups in total. The predicted octanol–water partition coefficient (Wildman–Crippen LogP) is 0.932. The number of hydrogen-bond donors (Lipinski definition) is 2. The van der Waals surface area contributed by atoms with Crippen molar-refractivity contribution in [3.63, 3.8) is 0 Å². The number of ether oxygens (including phenoxy) is 1. The maximum absolute atomic E-state index is 11.9. The monoisotopic (exact) mass is 290 g/mol. The van der Waals surface area contributed by atoms with E-state index in [-0.39, 0.29) is 18.1 Å². The Kier molecular flexibility index (Phi) is 4.17. The Morgan fingerprint density at radius 3 is 2.81 bits per heavy atom. The maximum Gasteiger partial charge on any atom is 0.358 e. The first kappa shape index (κ1) is 14.5. The highest BCUT2D eigenvalue weighted by molar-refractivity contribution is 5.92. The zero-order valence-corrected chi connectivity index (χ0v) is 11.5. The normalized spacial score (nSPS) is 10.2. The zero-order chi connectivity index (χ0) is 15.4. The molecule has 0 radical (unpaired) electrons. The number of nitrogens with zero attached hydrogens (tertiary/aromatic N) is 3. The molecular weight excluding hydrogens is 276 g/mol. The van der Waals surface area contributed by atoms with E-state index in [1.165, 1.54) is 13.3 Å². The van der Waals surface area contributed by atoms with Gasteiger partial charge in [-0.1, -0.05) is 11.3 Å². The van der Waals surface area contributed by atoms with Crippen LogP contribution in [0, 0.1) is 6.92 Å². The zero-order valence-electron chi connectivity index (χ0n) is 11.5. The van der Waals surface area contributed by atoms with E-state index in [4.69, 9.17) is 9.84 Å². The topological polar surface area (TPSA) is 106 Å². The first-order valence-electron chi connectivity index (χ1n) is 6.07. The van der Waals surface area contributed by atoms with Gasteiger partial charge in [0.05, 0.1) is 19.0 Å². The molecule has 0 aliphatic heterocycles. The minimum absolute atomic E-state index is 0.141. The number of benzene rings is 1. The SMILES string of the molecule is COc1ccc(C)cc1NC(=O)Cn1cc(C(=O)O)nn1. The second-order valence-corrected chi connectivity index (χ2v) is 4.36. The van der Waals surface area contributed by atoms with Gasteiger partial charge >= 0.3 is 5.97 Å². The summed E-state index contributed by atoms with van der Waals surface area (Å²) in [7, 11) is 1.51. The van der Waals surface area contributed by atoms with Gasteiger partial charge in [0.2, 0.25) is 5.91 Å². The van der Waals surface area contributed by atoms with Crippen LogP contribution in [0.1, 0.15) is 16.1 Å². The van der Waals surface area contributed by atoms with Crippen LogP contribution in [0.2, 0.25) is 0 Å². The molecule has 8 heteroatoms. The Morgan fingerprint density at radius 1 is 1.43 bits per heavy atom. The Bertz CT molecular complexity index is 681. The van der Waals surface area contributed by atoms with Gasteiger partial charge in [-0.05, 0) is 24.6 Å². The molecule has 2 aromatic rings. The second kappa shape index (κ2) is 6.04. The van der Waals surface area contributed by atoms with Crippen molar-refractivity contribution in [2.75, 3.05) is 12.4 Å². The molecule has 2 rings (SSSR count). The minimum atomic E-state index is -1.19. The Hall–Kier alpha value is -2.90.